The van der Waals surface area contributed by atoms with Crippen molar-refractivity contribution < 1.29 is 8.42 Å². The quantitative estimate of drug-likeness (QED) is 0.291. The van der Waals surface area contributed by atoms with Gasteiger partial charge in [0.1, 0.15) is 0 Å². The first-order valence-electron chi connectivity index (χ1n) is 8.49. The summed E-state index contributed by atoms with van der Waals surface area (Å²) in [7, 11) is -2.05. The van der Waals surface area contributed by atoms with Gasteiger partial charge in [0.15, 0.2) is 5.96 Å². The summed E-state index contributed by atoms with van der Waals surface area (Å²) in [5.41, 5.74) is 1.84. The fourth-order valence-electron chi connectivity index (χ4n) is 2.30. The molecule has 1 heterocycles. The minimum absolute atomic E-state index is 0. The summed E-state index contributed by atoms with van der Waals surface area (Å²) < 4.78 is 26.1. The third-order valence-electron chi connectivity index (χ3n) is 3.64. The Morgan fingerprint density at radius 3 is 2.63 bits per heavy atom. The molecule has 148 valence electrons. The fraction of sp³-hybridized carbons (Fsp3) is 0.333. The highest BCUT2D eigenvalue weighted by atomic mass is 127. The van der Waals surface area contributed by atoms with E-state index in [9.17, 15) is 8.42 Å². The Morgan fingerprint density at radius 2 is 1.96 bits per heavy atom. The minimum atomic E-state index is -3.45. The van der Waals surface area contributed by atoms with Crippen molar-refractivity contribution in [3.05, 3.63) is 59.9 Å². The number of hydrogen-bond donors (Lipinski definition) is 3. The molecule has 0 aliphatic heterocycles. The Kier molecular flexibility index (Phi) is 10.3. The molecule has 0 unspecified atom stereocenters. The Hall–Kier alpha value is -1.72. The number of aliphatic imine (C=N–C) groups is 1. The maximum Gasteiger partial charge on any atom is 0.240 e. The van der Waals surface area contributed by atoms with Gasteiger partial charge in [-0.2, -0.15) is 0 Å². The van der Waals surface area contributed by atoms with Crippen LogP contribution in [0, 0.1) is 0 Å². The normalized spacial score (nSPS) is 11.6. The molecule has 27 heavy (non-hydrogen) atoms. The highest BCUT2D eigenvalue weighted by molar-refractivity contribution is 14.0. The van der Waals surface area contributed by atoms with E-state index in [1.165, 1.54) is 7.05 Å². The van der Waals surface area contributed by atoms with Crippen LogP contribution in [0.5, 0.6) is 0 Å². The third-order valence-corrected chi connectivity index (χ3v) is 5.05. The van der Waals surface area contributed by atoms with Crippen molar-refractivity contribution in [2.24, 2.45) is 4.99 Å². The van der Waals surface area contributed by atoms with Crippen molar-refractivity contribution in [3.63, 3.8) is 0 Å². The lowest BCUT2D eigenvalue weighted by Crippen LogP contribution is -2.38. The second kappa shape index (κ2) is 11.9. The first-order valence-corrected chi connectivity index (χ1v) is 9.98. The molecule has 0 saturated carbocycles. The second-order valence-electron chi connectivity index (χ2n) is 5.55. The highest BCUT2D eigenvalue weighted by Crippen LogP contribution is 2.11. The van der Waals surface area contributed by atoms with Crippen LogP contribution in [-0.2, 0) is 23.0 Å². The van der Waals surface area contributed by atoms with Crippen molar-refractivity contribution in [1.82, 2.24) is 20.3 Å². The third kappa shape index (κ3) is 7.81. The van der Waals surface area contributed by atoms with Gasteiger partial charge in [-0.15, -0.1) is 24.0 Å². The summed E-state index contributed by atoms with van der Waals surface area (Å²) in [4.78, 5) is 9.05. The van der Waals surface area contributed by atoms with Crippen LogP contribution in [0.15, 0.2) is 58.5 Å². The number of guanidine groups is 1. The zero-order valence-corrected chi connectivity index (χ0v) is 18.6. The number of pyridine rings is 1. The van der Waals surface area contributed by atoms with Crippen molar-refractivity contribution in [1.29, 1.82) is 0 Å². The van der Waals surface area contributed by atoms with E-state index >= 15 is 0 Å². The average molecular weight is 503 g/mol. The summed E-state index contributed by atoms with van der Waals surface area (Å²) in [6.45, 7) is 3.82. The van der Waals surface area contributed by atoms with Gasteiger partial charge in [-0.1, -0.05) is 18.2 Å². The number of nitrogens with zero attached hydrogens (tertiary/aromatic N) is 2. The molecule has 0 atom stereocenters. The lowest BCUT2D eigenvalue weighted by molar-refractivity contribution is 0.588. The minimum Gasteiger partial charge on any atom is -0.357 e. The fourth-order valence-corrected chi connectivity index (χ4v) is 3.10. The Balaban J connectivity index is 0.00000364. The molecule has 0 amide bonds. The largest absolute Gasteiger partial charge is 0.357 e. The molecule has 9 heteroatoms. The van der Waals surface area contributed by atoms with E-state index in [-0.39, 0.29) is 28.9 Å². The second-order valence-corrected chi connectivity index (χ2v) is 7.43. The van der Waals surface area contributed by atoms with Crippen molar-refractivity contribution in [2.75, 3.05) is 20.1 Å². The molecular formula is C18H26IN5O2S. The summed E-state index contributed by atoms with van der Waals surface area (Å²) in [6.07, 6.45) is 2.57. The van der Waals surface area contributed by atoms with Gasteiger partial charge in [-0.3, -0.25) is 4.98 Å². The molecule has 2 aromatic rings. The zero-order valence-electron chi connectivity index (χ0n) is 15.5. The van der Waals surface area contributed by atoms with Crippen LogP contribution >= 0.6 is 24.0 Å². The lowest BCUT2D eigenvalue weighted by atomic mass is 10.2. The number of rotatable bonds is 8. The molecule has 0 bridgehead atoms. The number of hydrogen-bond acceptors (Lipinski definition) is 4. The summed E-state index contributed by atoms with van der Waals surface area (Å²) in [5.74, 6) is 0.685. The van der Waals surface area contributed by atoms with Crippen molar-refractivity contribution in [3.8, 4) is 0 Å². The predicted octanol–water partition coefficient (Wildman–Crippen LogP) is 1.91. The van der Waals surface area contributed by atoms with E-state index in [0.717, 1.165) is 24.2 Å². The molecular weight excluding hydrogens is 477 g/mol. The SMILES string of the molecule is CCNC(=NCc1cccc(S(=O)(=O)NC)c1)NCCc1ccccn1.I. The topological polar surface area (TPSA) is 95.5 Å². The average Bonchev–Trinajstić information content (AvgIpc) is 2.67. The molecule has 2 rings (SSSR count). The van der Waals surface area contributed by atoms with Crippen molar-refractivity contribution in [2.45, 2.75) is 24.8 Å². The smallest absolute Gasteiger partial charge is 0.240 e. The van der Waals surface area contributed by atoms with Crippen LogP contribution < -0.4 is 15.4 Å². The molecule has 1 aromatic heterocycles. The summed E-state index contributed by atoms with van der Waals surface area (Å²) in [6, 6.07) is 12.6. The number of halogens is 1. The maximum atomic E-state index is 11.9. The van der Waals surface area contributed by atoms with E-state index in [0.29, 0.717) is 19.0 Å². The Labute approximate surface area is 178 Å². The summed E-state index contributed by atoms with van der Waals surface area (Å²) in [5, 5.41) is 6.45. The van der Waals surface area contributed by atoms with Gasteiger partial charge in [-0.25, -0.2) is 18.1 Å². The zero-order chi connectivity index (χ0) is 18.8. The first kappa shape index (κ1) is 23.3. The number of benzene rings is 1. The predicted molar refractivity (Wildman–Crippen MR) is 119 cm³/mol. The molecule has 0 aliphatic rings. The Bertz CT molecular complexity index is 829. The monoisotopic (exact) mass is 503 g/mol. The van der Waals surface area contributed by atoms with E-state index in [4.69, 9.17) is 0 Å². The van der Waals surface area contributed by atoms with Crippen LogP contribution in [0.2, 0.25) is 0 Å². The van der Waals surface area contributed by atoms with Gasteiger partial charge in [0.25, 0.3) is 0 Å². The van der Waals surface area contributed by atoms with Gasteiger partial charge in [0.05, 0.1) is 11.4 Å². The molecule has 7 nitrogen and oxygen atoms in total. The molecule has 0 spiro atoms. The lowest BCUT2D eigenvalue weighted by Gasteiger charge is -2.11. The van der Waals surface area contributed by atoms with Crippen molar-refractivity contribution >= 4 is 40.0 Å². The van der Waals surface area contributed by atoms with E-state index in [2.05, 4.69) is 25.3 Å². The van der Waals surface area contributed by atoms with E-state index < -0.39 is 10.0 Å². The van der Waals surface area contributed by atoms with Crippen LogP contribution in [0.1, 0.15) is 18.2 Å². The van der Waals surface area contributed by atoms with Crippen LogP contribution in [0.4, 0.5) is 0 Å². The maximum absolute atomic E-state index is 11.9. The van der Waals surface area contributed by atoms with Crippen LogP contribution in [0.3, 0.4) is 0 Å². The van der Waals surface area contributed by atoms with Gasteiger partial charge in [0, 0.05) is 31.4 Å². The van der Waals surface area contributed by atoms with Gasteiger partial charge in [0.2, 0.25) is 10.0 Å². The van der Waals surface area contributed by atoms with Crippen LogP contribution in [0.25, 0.3) is 0 Å². The molecule has 0 saturated heterocycles. The standard InChI is InChI=1S/C18H25N5O2S.HI/c1-3-20-18(22-12-10-16-8-4-5-11-21-16)23-14-15-7-6-9-17(13-15)26(24,25)19-2;/h4-9,11,13,19H,3,10,12,14H2,1-2H3,(H2,20,22,23);1H. The Morgan fingerprint density at radius 1 is 1.15 bits per heavy atom. The summed E-state index contributed by atoms with van der Waals surface area (Å²) >= 11 is 0. The number of sulfonamides is 1. The number of aromatic nitrogens is 1. The molecule has 3 N–H and O–H groups in total. The van der Waals surface area contributed by atoms with Gasteiger partial charge >= 0.3 is 0 Å². The number of nitrogens with one attached hydrogen (secondary N) is 3. The van der Waals surface area contributed by atoms with Crippen LogP contribution in [-0.4, -0.2) is 39.5 Å². The van der Waals surface area contributed by atoms with Gasteiger partial charge in [-0.05, 0) is 43.8 Å². The molecule has 0 aliphatic carbocycles. The first-order chi connectivity index (χ1) is 12.5. The molecule has 0 fully saturated rings. The molecule has 1 aromatic carbocycles. The molecule has 0 radical (unpaired) electrons. The van der Waals surface area contributed by atoms with Gasteiger partial charge < -0.3 is 10.6 Å². The van der Waals surface area contributed by atoms with E-state index in [1.54, 1.807) is 24.4 Å². The van der Waals surface area contributed by atoms with E-state index in [1.807, 2.05) is 31.2 Å². The highest BCUT2D eigenvalue weighted by Gasteiger charge is 2.11.